The van der Waals surface area contributed by atoms with Gasteiger partial charge in [-0.1, -0.05) is 12.1 Å². The summed E-state index contributed by atoms with van der Waals surface area (Å²) in [6, 6.07) is 11.1. The van der Waals surface area contributed by atoms with Gasteiger partial charge < -0.3 is 19.3 Å². The van der Waals surface area contributed by atoms with Crippen LogP contribution in [0.25, 0.3) is 0 Å². The second kappa shape index (κ2) is 9.62. The first-order chi connectivity index (χ1) is 16.3. The summed E-state index contributed by atoms with van der Waals surface area (Å²) in [7, 11) is 4.39. The third-order valence-corrected chi connectivity index (χ3v) is 7.17. The van der Waals surface area contributed by atoms with Gasteiger partial charge in [-0.05, 0) is 70.6 Å². The molecular weight excluding hydrogens is 502 g/mol. The second-order valence-electron chi connectivity index (χ2n) is 8.45. The predicted molar refractivity (Wildman–Crippen MR) is 131 cm³/mol. The Kier molecular flexibility index (Phi) is 6.79. The molecule has 0 radical (unpaired) electrons. The van der Waals surface area contributed by atoms with Crippen LogP contribution in [0.1, 0.15) is 42.7 Å². The number of phenolic OH excluding ortho intramolecular Hbond substituents is 1. The average Bonchev–Trinajstić information content (AvgIpc) is 2.84. The SMILES string of the molecule is COC(=O)C1C(C)=NC2=C(C(=O)C[C@H](c3ccc(OC)cc3)C2)[C@H]1c1cc(Br)c(O)c(OC)c1. The lowest BCUT2D eigenvalue weighted by Gasteiger charge is -2.36. The lowest BCUT2D eigenvalue weighted by Crippen LogP contribution is -2.37. The summed E-state index contributed by atoms with van der Waals surface area (Å²) in [4.78, 5) is 31.2. The number of methoxy groups -OCH3 is 3. The third-order valence-electron chi connectivity index (χ3n) is 6.56. The summed E-state index contributed by atoms with van der Waals surface area (Å²) in [5, 5.41) is 10.3. The Morgan fingerprint density at radius 2 is 1.76 bits per heavy atom. The summed E-state index contributed by atoms with van der Waals surface area (Å²) in [5.74, 6) is -0.955. The maximum atomic E-state index is 13.6. The first kappa shape index (κ1) is 24.0. The van der Waals surface area contributed by atoms with Gasteiger partial charge in [-0.3, -0.25) is 14.6 Å². The van der Waals surface area contributed by atoms with E-state index in [0.29, 0.717) is 39.9 Å². The highest BCUT2D eigenvalue weighted by Crippen LogP contribution is 2.49. The minimum absolute atomic E-state index is 0.0230. The van der Waals surface area contributed by atoms with Gasteiger partial charge in [0.1, 0.15) is 11.7 Å². The lowest BCUT2D eigenvalue weighted by molar-refractivity contribution is -0.143. The number of hydrogen-bond donors (Lipinski definition) is 1. The molecule has 8 heteroatoms. The molecule has 7 nitrogen and oxygen atoms in total. The molecule has 4 rings (SSSR count). The smallest absolute Gasteiger partial charge is 0.315 e. The zero-order valence-electron chi connectivity index (χ0n) is 19.4. The van der Waals surface area contributed by atoms with Crippen LogP contribution in [-0.4, -0.2) is 43.9 Å². The highest BCUT2D eigenvalue weighted by molar-refractivity contribution is 9.10. The molecule has 178 valence electrons. The molecule has 0 saturated heterocycles. The largest absolute Gasteiger partial charge is 0.503 e. The number of aromatic hydroxyl groups is 1. The highest BCUT2D eigenvalue weighted by Gasteiger charge is 2.45. The van der Waals surface area contributed by atoms with E-state index in [2.05, 4.69) is 15.9 Å². The number of hydrogen-bond acceptors (Lipinski definition) is 7. The van der Waals surface area contributed by atoms with Crippen LogP contribution in [0.4, 0.5) is 0 Å². The van der Waals surface area contributed by atoms with Crippen LogP contribution in [0.5, 0.6) is 17.2 Å². The number of ether oxygens (including phenoxy) is 3. The molecule has 2 aliphatic rings. The first-order valence-corrected chi connectivity index (χ1v) is 11.7. The van der Waals surface area contributed by atoms with E-state index in [0.717, 1.165) is 11.3 Å². The molecule has 0 aromatic heterocycles. The number of ketones is 1. The normalized spacial score (nSPS) is 22.1. The molecule has 0 spiro atoms. The first-order valence-electron chi connectivity index (χ1n) is 10.9. The zero-order chi connectivity index (χ0) is 24.6. The van der Waals surface area contributed by atoms with Gasteiger partial charge in [-0.2, -0.15) is 0 Å². The zero-order valence-corrected chi connectivity index (χ0v) is 21.0. The molecule has 0 saturated carbocycles. The topological polar surface area (TPSA) is 94.4 Å². The molecule has 1 N–H and O–H groups in total. The molecule has 0 fully saturated rings. The Bertz CT molecular complexity index is 1200. The number of Topliss-reactive ketones (excluding diaryl/α,β-unsaturated/α-hetero) is 1. The standard InChI is InChI=1S/C26H26BrNO6/c1-13-22(26(31)34-4)23(16-9-18(27)25(30)21(12-16)33-3)24-19(28-13)10-15(11-20(24)29)14-5-7-17(32-2)8-6-14/h5-9,12,15,22-23,30H,10-11H2,1-4H3/t15-,22?,23+/m1/s1. The van der Waals surface area contributed by atoms with Crippen molar-refractivity contribution in [2.45, 2.75) is 31.6 Å². The highest BCUT2D eigenvalue weighted by atomic mass is 79.9. The molecule has 1 aliphatic heterocycles. The molecule has 0 bridgehead atoms. The van der Waals surface area contributed by atoms with Gasteiger partial charge in [0.25, 0.3) is 0 Å². The number of carbonyl (C=O) groups excluding carboxylic acids is 2. The summed E-state index contributed by atoms with van der Waals surface area (Å²) in [6.07, 6.45) is 0.881. The van der Waals surface area contributed by atoms with Crippen LogP contribution < -0.4 is 9.47 Å². The second-order valence-corrected chi connectivity index (χ2v) is 9.30. The van der Waals surface area contributed by atoms with E-state index >= 15 is 0 Å². The minimum atomic E-state index is -0.758. The summed E-state index contributed by atoms with van der Waals surface area (Å²) >= 11 is 3.36. The van der Waals surface area contributed by atoms with E-state index in [9.17, 15) is 14.7 Å². The molecule has 1 heterocycles. The number of aliphatic imine (C=N–C) groups is 1. The van der Waals surface area contributed by atoms with Crippen molar-refractivity contribution in [3.8, 4) is 17.2 Å². The number of halogens is 1. The number of carbonyl (C=O) groups is 2. The molecule has 1 aliphatic carbocycles. The number of phenols is 1. The molecule has 2 aromatic rings. The van der Waals surface area contributed by atoms with Crippen molar-refractivity contribution in [3.05, 3.63) is 63.3 Å². The molecule has 0 amide bonds. The fourth-order valence-electron chi connectivity index (χ4n) is 4.89. The van der Waals surface area contributed by atoms with Crippen LogP contribution in [0.3, 0.4) is 0 Å². The Balaban J connectivity index is 1.83. The Morgan fingerprint density at radius 3 is 2.38 bits per heavy atom. The van der Waals surface area contributed by atoms with Crippen molar-refractivity contribution in [2.24, 2.45) is 10.9 Å². The number of esters is 1. The quantitative estimate of drug-likeness (QED) is 0.554. The van der Waals surface area contributed by atoms with Crippen molar-refractivity contribution in [1.29, 1.82) is 0 Å². The average molecular weight is 528 g/mol. The van der Waals surface area contributed by atoms with Gasteiger partial charge in [0, 0.05) is 29.3 Å². The van der Waals surface area contributed by atoms with E-state index in [1.165, 1.54) is 14.2 Å². The van der Waals surface area contributed by atoms with Gasteiger partial charge >= 0.3 is 5.97 Å². The Hall–Kier alpha value is -3.13. The summed E-state index contributed by atoms with van der Waals surface area (Å²) in [5.41, 5.74) is 3.49. The molecule has 34 heavy (non-hydrogen) atoms. The maximum absolute atomic E-state index is 13.6. The van der Waals surface area contributed by atoms with E-state index < -0.39 is 17.8 Å². The van der Waals surface area contributed by atoms with E-state index in [-0.39, 0.29) is 23.2 Å². The molecule has 3 atom stereocenters. The van der Waals surface area contributed by atoms with E-state index in [1.54, 1.807) is 26.2 Å². The van der Waals surface area contributed by atoms with Gasteiger partial charge in [0.15, 0.2) is 17.3 Å². The summed E-state index contributed by atoms with van der Waals surface area (Å²) < 4.78 is 16.1. The summed E-state index contributed by atoms with van der Waals surface area (Å²) in [6.45, 7) is 1.78. The molecular formula is C26H26BrNO6. The van der Waals surface area contributed by atoms with Crippen molar-refractivity contribution in [3.63, 3.8) is 0 Å². The molecule has 1 unspecified atom stereocenters. The van der Waals surface area contributed by atoms with Gasteiger partial charge in [-0.25, -0.2) is 0 Å². The predicted octanol–water partition coefficient (Wildman–Crippen LogP) is 4.92. The van der Waals surface area contributed by atoms with Gasteiger partial charge in [0.2, 0.25) is 0 Å². The van der Waals surface area contributed by atoms with Gasteiger partial charge in [-0.15, -0.1) is 0 Å². The van der Waals surface area contributed by atoms with Crippen LogP contribution in [0, 0.1) is 5.92 Å². The van der Waals surface area contributed by atoms with Crippen LogP contribution in [-0.2, 0) is 14.3 Å². The third kappa shape index (κ3) is 4.22. The van der Waals surface area contributed by atoms with Crippen molar-refractivity contribution >= 4 is 33.4 Å². The number of allylic oxidation sites excluding steroid dienone is 2. The van der Waals surface area contributed by atoms with Crippen LogP contribution in [0.15, 0.2) is 57.1 Å². The number of nitrogens with zero attached hydrogens (tertiary/aromatic N) is 1. The number of rotatable bonds is 5. The van der Waals surface area contributed by atoms with E-state index in [1.807, 2.05) is 24.3 Å². The van der Waals surface area contributed by atoms with Crippen molar-refractivity contribution in [2.75, 3.05) is 21.3 Å². The van der Waals surface area contributed by atoms with Gasteiger partial charge in [0.05, 0.1) is 25.8 Å². The maximum Gasteiger partial charge on any atom is 0.315 e. The minimum Gasteiger partial charge on any atom is -0.503 e. The Morgan fingerprint density at radius 1 is 1.06 bits per heavy atom. The fraction of sp³-hybridized carbons (Fsp3) is 0.346. The lowest BCUT2D eigenvalue weighted by atomic mass is 9.69. The molecule has 2 aromatic carbocycles. The van der Waals surface area contributed by atoms with E-state index in [4.69, 9.17) is 19.2 Å². The van der Waals surface area contributed by atoms with Crippen LogP contribution >= 0.6 is 15.9 Å². The van der Waals surface area contributed by atoms with Crippen molar-refractivity contribution in [1.82, 2.24) is 0 Å². The van der Waals surface area contributed by atoms with Crippen molar-refractivity contribution < 1.29 is 28.9 Å². The Labute approximate surface area is 206 Å². The van der Waals surface area contributed by atoms with Crippen LogP contribution in [0.2, 0.25) is 0 Å². The number of benzene rings is 2. The fourth-order valence-corrected chi connectivity index (χ4v) is 5.35. The monoisotopic (exact) mass is 527 g/mol.